The SMILES string of the molecule is O=C(Oc1c2ccccc2c(OC(=O)c2ccc(F)c(F)c2F)c2ccccc12)c1ccc(F)c(F)c1. The molecule has 0 aliphatic carbocycles. The summed E-state index contributed by atoms with van der Waals surface area (Å²) in [7, 11) is 0. The molecule has 9 heteroatoms. The summed E-state index contributed by atoms with van der Waals surface area (Å²) in [5.41, 5.74) is -1.06. The summed E-state index contributed by atoms with van der Waals surface area (Å²) in [6, 6.07) is 16.6. The summed E-state index contributed by atoms with van der Waals surface area (Å²) >= 11 is 0. The molecule has 0 N–H and O–H groups in total. The Labute approximate surface area is 205 Å². The van der Waals surface area contributed by atoms with Crippen molar-refractivity contribution in [2.24, 2.45) is 0 Å². The largest absolute Gasteiger partial charge is 0.422 e. The molecule has 0 bridgehead atoms. The minimum atomic E-state index is -1.82. The number of ether oxygens (including phenoxy) is 2. The van der Waals surface area contributed by atoms with Crippen LogP contribution in [-0.4, -0.2) is 11.9 Å². The van der Waals surface area contributed by atoms with E-state index in [4.69, 9.17) is 9.47 Å². The molecule has 0 spiro atoms. The lowest BCUT2D eigenvalue weighted by atomic mass is 10.0. The number of hydrogen-bond donors (Lipinski definition) is 0. The van der Waals surface area contributed by atoms with E-state index in [2.05, 4.69) is 0 Å². The summed E-state index contributed by atoms with van der Waals surface area (Å²) in [5.74, 6) is -9.59. The summed E-state index contributed by atoms with van der Waals surface area (Å²) in [4.78, 5) is 25.6. The topological polar surface area (TPSA) is 52.6 Å². The van der Waals surface area contributed by atoms with Crippen LogP contribution in [0.25, 0.3) is 21.5 Å². The van der Waals surface area contributed by atoms with Crippen molar-refractivity contribution in [1.29, 1.82) is 0 Å². The molecule has 4 nitrogen and oxygen atoms in total. The molecule has 0 aromatic heterocycles. The summed E-state index contributed by atoms with van der Waals surface area (Å²) in [5, 5.41) is 1.13. The van der Waals surface area contributed by atoms with Crippen molar-refractivity contribution in [3.05, 3.63) is 119 Å². The van der Waals surface area contributed by atoms with Gasteiger partial charge in [-0.1, -0.05) is 48.5 Å². The van der Waals surface area contributed by atoms with Crippen molar-refractivity contribution in [3.63, 3.8) is 0 Å². The average Bonchev–Trinajstić information content (AvgIpc) is 2.90. The maximum atomic E-state index is 14.2. The van der Waals surface area contributed by atoms with Crippen molar-refractivity contribution in [1.82, 2.24) is 0 Å². The minimum Gasteiger partial charge on any atom is -0.422 e. The Hall–Kier alpha value is -4.79. The van der Waals surface area contributed by atoms with Gasteiger partial charge in [0, 0.05) is 21.5 Å². The van der Waals surface area contributed by atoms with Crippen LogP contribution in [0.2, 0.25) is 0 Å². The Kier molecular flexibility index (Phi) is 6.04. The van der Waals surface area contributed by atoms with Crippen molar-refractivity contribution in [3.8, 4) is 11.5 Å². The van der Waals surface area contributed by atoms with Crippen molar-refractivity contribution in [2.75, 3.05) is 0 Å². The van der Waals surface area contributed by atoms with Gasteiger partial charge >= 0.3 is 11.9 Å². The van der Waals surface area contributed by atoms with E-state index in [9.17, 15) is 31.5 Å². The van der Waals surface area contributed by atoms with Crippen LogP contribution in [0.5, 0.6) is 11.5 Å². The van der Waals surface area contributed by atoms with E-state index in [-0.39, 0.29) is 27.8 Å². The Morgan fingerprint density at radius 3 is 1.51 bits per heavy atom. The number of halogens is 5. The van der Waals surface area contributed by atoms with Crippen LogP contribution in [0.1, 0.15) is 20.7 Å². The second-order valence-electron chi connectivity index (χ2n) is 7.88. The quantitative estimate of drug-likeness (QED) is 0.0853. The lowest BCUT2D eigenvalue weighted by molar-refractivity contribution is 0.0722. The molecule has 0 aliphatic heterocycles. The van der Waals surface area contributed by atoms with Gasteiger partial charge in [0.05, 0.1) is 11.1 Å². The number of carbonyl (C=O) groups is 2. The number of hydrogen-bond acceptors (Lipinski definition) is 4. The second-order valence-corrected chi connectivity index (χ2v) is 7.88. The first kappa shape index (κ1) is 23.9. The molecular weight excluding hydrogens is 495 g/mol. The Morgan fingerprint density at radius 2 is 1.00 bits per heavy atom. The van der Waals surface area contributed by atoms with Crippen LogP contribution in [-0.2, 0) is 0 Å². The lowest BCUT2D eigenvalue weighted by Gasteiger charge is -2.16. The number of carbonyl (C=O) groups excluding carboxylic acids is 2. The van der Waals surface area contributed by atoms with Gasteiger partial charge in [-0.25, -0.2) is 31.5 Å². The normalized spacial score (nSPS) is 11.1. The monoisotopic (exact) mass is 508 g/mol. The van der Waals surface area contributed by atoms with E-state index in [1.165, 1.54) is 0 Å². The highest BCUT2D eigenvalue weighted by molar-refractivity contribution is 6.13. The maximum absolute atomic E-state index is 14.2. The predicted octanol–water partition coefficient (Wildman–Crippen LogP) is 7.13. The first-order valence-electron chi connectivity index (χ1n) is 10.7. The minimum absolute atomic E-state index is 0.0414. The molecule has 0 heterocycles. The fourth-order valence-electron chi connectivity index (χ4n) is 3.87. The molecule has 0 saturated heterocycles. The van der Waals surface area contributed by atoms with Gasteiger partial charge < -0.3 is 9.47 Å². The summed E-state index contributed by atoms with van der Waals surface area (Å²) in [6.45, 7) is 0. The molecule has 0 saturated carbocycles. The van der Waals surface area contributed by atoms with Crippen LogP contribution in [0.15, 0.2) is 78.9 Å². The molecule has 0 amide bonds. The van der Waals surface area contributed by atoms with Gasteiger partial charge in [0.15, 0.2) is 29.1 Å². The fourth-order valence-corrected chi connectivity index (χ4v) is 3.87. The molecule has 0 fully saturated rings. The zero-order valence-electron chi connectivity index (χ0n) is 18.5. The van der Waals surface area contributed by atoms with Crippen LogP contribution >= 0.6 is 0 Å². The first-order chi connectivity index (χ1) is 17.8. The van der Waals surface area contributed by atoms with E-state index in [0.717, 1.165) is 18.2 Å². The third-order valence-electron chi connectivity index (χ3n) is 5.63. The number of benzene rings is 5. The maximum Gasteiger partial charge on any atom is 0.346 e. The molecule has 37 heavy (non-hydrogen) atoms. The van der Waals surface area contributed by atoms with E-state index in [1.54, 1.807) is 48.5 Å². The lowest BCUT2D eigenvalue weighted by Crippen LogP contribution is -2.14. The van der Waals surface area contributed by atoms with Gasteiger partial charge in [-0.2, -0.15) is 0 Å². The van der Waals surface area contributed by atoms with Gasteiger partial charge in [-0.3, -0.25) is 0 Å². The van der Waals surface area contributed by atoms with Gasteiger partial charge in [0.25, 0.3) is 0 Å². The smallest absolute Gasteiger partial charge is 0.346 e. The summed E-state index contributed by atoms with van der Waals surface area (Å²) < 4.78 is 79.3. The molecule has 0 radical (unpaired) electrons. The van der Waals surface area contributed by atoms with Crippen LogP contribution in [0.3, 0.4) is 0 Å². The highest BCUT2D eigenvalue weighted by Crippen LogP contribution is 2.43. The predicted molar refractivity (Wildman–Crippen MR) is 124 cm³/mol. The van der Waals surface area contributed by atoms with Crippen molar-refractivity contribution >= 4 is 33.5 Å². The van der Waals surface area contributed by atoms with E-state index >= 15 is 0 Å². The van der Waals surface area contributed by atoms with E-state index in [0.29, 0.717) is 22.9 Å². The highest BCUT2D eigenvalue weighted by atomic mass is 19.2. The molecule has 0 unspecified atom stereocenters. The van der Waals surface area contributed by atoms with Gasteiger partial charge in [-0.05, 0) is 30.3 Å². The number of esters is 2. The van der Waals surface area contributed by atoms with Crippen LogP contribution < -0.4 is 9.47 Å². The van der Waals surface area contributed by atoms with Crippen LogP contribution in [0, 0.1) is 29.1 Å². The Bertz CT molecular complexity index is 1680. The molecular formula is C28H13F5O4. The van der Waals surface area contributed by atoms with Crippen molar-refractivity contribution < 1.29 is 41.0 Å². The second kappa shape index (κ2) is 9.34. The zero-order chi connectivity index (χ0) is 26.3. The highest BCUT2D eigenvalue weighted by Gasteiger charge is 2.24. The van der Waals surface area contributed by atoms with Gasteiger partial charge in [-0.15, -0.1) is 0 Å². The summed E-state index contributed by atoms with van der Waals surface area (Å²) in [6.07, 6.45) is 0. The standard InChI is InChI=1S/C28H13F5O4/c29-20-11-9-14(13-22(20)31)27(34)36-25-15-5-1-3-7-17(15)26(18-8-4-2-6-16(18)25)37-28(35)19-10-12-21(30)24(33)23(19)32/h1-13H. The Balaban J connectivity index is 1.64. The van der Waals surface area contributed by atoms with E-state index < -0.39 is 46.6 Å². The third-order valence-corrected chi connectivity index (χ3v) is 5.63. The first-order valence-corrected chi connectivity index (χ1v) is 10.7. The Morgan fingerprint density at radius 1 is 0.514 bits per heavy atom. The van der Waals surface area contributed by atoms with Crippen LogP contribution in [0.4, 0.5) is 22.0 Å². The number of rotatable bonds is 4. The van der Waals surface area contributed by atoms with E-state index in [1.807, 2.05) is 0 Å². The average molecular weight is 508 g/mol. The van der Waals surface area contributed by atoms with Gasteiger partial charge in [0.1, 0.15) is 11.5 Å². The molecule has 184 valence electrons. The molecule has 0 aliphatic rings. The molecule has 5 rings (SSSR count). The molecule has 0 atom stereocenters. The molecule has 5 aromatic carbocycles. The third kappa shape index (κ3) is 4.24. The number of fused-ring (bicyclic) bond motifs is 2. The zero-order valence-corrected chi connectivity index (χ0v) is 18.5. The fraction of sp³-hybridized carbons (Fsp3) is 0. The van der Waals surface area contributed by atoms with Crippen molar-refractivity contribution in [2.45, 2.75) is 0 Å². The van der Waals surface area contributed by atoms with Gasteiger partial charge in [0.2, 0.25) is 0 Å². The molecule has 5 aromatic rings.